The molecular weight excluding hydrogens is 456 g/mol. The van der Waals surface area contributed by atoms with Gasteiger partial charge in [0.05, 0.1) is 36.6 Å². The van der Waals surface area contributed by atoms with Gasteiger partial charge in [0.1, 0.15) is 17.6 Å². The van der Waals surface area contributed by atoms with E-state index in [0.29, 0.717) is 5.56 Å². The first-order chi connectivity index (χ1) is 16.4. The van der Waals surface area contributed by atoms with Crippen LogP contribution in [0.3, 0.4) is 0 Å². The van der Waals surface area contributed by atoms with E-state index in [2.05, 4.69) is 0 Å². The normalized spacial score (nSPS) is 29.9. The quantitative estimate of drug-likeness (QED) is 0.427. The minimum atomic E-state index is -1.31. The number of ether oxygens (including phenoxy) is 2. The van der Waals surface area contributed by atoms with Crippen LogP contribution in [-0.2, 0) is 11.2 Å². The first-order valence-electron chi connectivity index (χ1n) is 11.4. The number of aromatic hydroxyl groups is 1. The minimum absolute atomic E-state index is 0.00760. The number of carbonyl (C=O) groups excluding carboxylic acids is 3. The highest BCUT2D eigenvalue weighted by molar-refractivity contribution is 6.32. The molecule has 0 bridgehead atoms. The Bertz CT molecular complexity index is 1280. The zero-order valence-corrected chi connectivity index (χ0v) is 19.5. The summed E-state index contributed by atoms with van der Waals surface area (Å²) in [7, 11) is 1.37. The summed E-state index contributed by atoms with van der Waals surface area (Å²) in [6.45, 7) is 3.11. The highest BCUT2D eigenvalue weighted by Gasteiger charge is 2.44. The van der Waals surface area contributed by atoms with E-state index < -0.39 is 53.1 Å². The van der Waals surface area contributed by atoms with Crippen molar-refractivity contribution in [2.75, 3.05) is 7.11 Å². The van der Waals surface area contributed by atoms with E-state index in [1.807, 2.05) is 0 Å². The van der Waals surface area contributed by atoms with Gasteiger partial charge in [-0.15, -0.1) is 0 Å². The maximum Gasteiger partial charge on any atom is 0.198 e. The maximum atomic E-state index is 13.6. The van der Waals surface area contributed by atoms with Gasteiger partial charge in [-0.2, -0.15) is 0 Å². The molecule has 0 unspecified atom stereocenters. The highest BCUT2D eigenvalue weighted by Crippen LogP contribution is 2.45. The summed E-state index contributed by atoms with van der Waals surface area (Å²) >= 11 is 0. The highest BCUT2D eigenvalue weighted by atomic mass is 16.5. The summed E-state index contributed by atoms with van der Waals surface area (Å²) in [4.78, 5) is 40.2. The molecule has 0 saturated carbocycles. The van der Waals surface area contributed by atoms with E-state index in [4.69, 9.17) is 9.47 Å². The van der Waals surface area contributed by atoms with Crippen molar-refractivity contribution >= 4 is 17.3 Å². The number of Topliss-reactive ketones (excluding diaryl/α,β-unsaturated/α-hetero) is 1. The summed E-state index contributed by atoms with van der Waals surface area (Å²) in [6.07, 6.45) is -3.82. The number of aliphatic hydroxyl groups is 3. The Morgan fingerprint density at radius 1 is 1.03 bits per heavy atom. The van der Waals surface area contributed by atoms with Crippen molar-refractivity contribution in [1.29, 1.82) is 0 Å². The molecule has 0 aromatic heterocycles. The maximum absolute atomic E-state index is 13.6. The standard InChI is InChI=1S/C26H26O9/c1-10-22(29)15(27)7-18(35-10)11-4-5-12-21(23(11)30)25(32)13-6-17(34-3)14-8-26(2,33)9-16(28)19(14)20(13)24(12)31/h4-6,10,15,18,22,27,29-30,33H,7-9H2,1-3H3/t10-,15+,18+,22-,26-/m1/s1. The molecule has 3 aliphatic rings. The van der Waals surface area contributed by atoms with Gasteiger partial charge in [-0.05, 0) is 26.0 Å². The number of rotatable bonds is 2. The van der Waals surface area contributed by atoms with Gasteiger partial charge in [0.25, 0.3) is 0 Å². The Balaban J connectivity index is 1.66. The smallest absolute Gasteiger partial charge is 0.198 e. The zero-order chi connectivity index (χ0) is 25.4. The summed E-state index contributed by atoms with van der Waals surface area (Å²) in [5.41, 5.74) is -1.04. The van der Waals surface area contributed by atoms with Crippen LogP contribution in [0.2, 0.25) is 0 Å². The lowest BCUT2D eigenvalue weighted by Gasteiger charge is -2.36. The SMILES string of the molecule is COc1cc2c(c3c1C[C@@](C)(O)CC3=O)C(=O)c1ccc([C@@H]3C[C@H](O)[C@H](O)[C@@H](C)O3)c(O)c1C2=O. The van der Waals surface area contributed by atoms with Crippen molar-refractivity contribution in [2.24, 2.45) is 0 Å². The zero-order valence-electron chi connectivity index (χ0n) is 19.5. The van der Waals surface area contributed by atoms with E-state index in [1.54, 1.807) is 6.92 Å². The predicted octanol–water partition coefficient (Wildman–Crippen LogP) is 1.63. The van der Waals surface area contributed by atoms with E-state index in [-0.39, 0.29) is 58.4 Å². The van der Waals surface area contributed by atoms with Crippen LogP contribution in [0.5, 0.6) is 11.5 Å². The van der Waals surface area contributed by atoms with Crippen LogP contribution in [0.15, 0.2) is 18.2 Å². The lowest BCUT2D eigenvalue weighted by molar-refractivity contribution is -0.163. The Labute approximate surface area is 200 Å². The predicted molar refractivity (Wildman–Crippen MR) is 121 cm³/mol. The molecule has 2 aromatic carbocycles. The summed E-state index contributed by atoms with van der Waals surface area (Å²) in [5, 5.41) is 41.8. The van der Waals surface area contributed by atoms with Gasteiger partial charge in [0, 0.05) is 52.6 Å². The van der Waals surface area contributed by atoms with Gasteiger partial charge in [-0.25, -0.2) is 0 Å². The number of aliphatic hydroxyl groups excluding tert-OH is 2. The van der Waals surface area contributed by atoms with Gasteiger partial charge in [-0.1, -0.05) is 6.07 Å². The van der Waals surface area contributed by atoms with E-state index in [9.17, 15) is 34.8 Å². The Morgan fingerprint density at radius 3 is 2.37 bits per heavy atom. The molecule has 5 atom stereocenters. The minimum Gasteiger partial charge on any atom is -0.507 e. The molecular formula is C26H26O9. The van der Waals surface area contributed by atoms with Crippen molar-refractivity contribution < 1.29 is 44.3 Å². The molecule has 9 heteroatoms. The van der Waals surface area contributed by atoms with Crippen LogP contribution < -0.4 is 4.74 Å². The topological polar surface area (TPSA) is 151 Å². The molecule has 35 heavy (non-hydrogen) atoms. The molecule has 2 aromatic rings. The molecule has 2 aliphatic carbocycles. The Hall–Kier alpha value is -3.11. The monoisotopic (exact) mass is 482 g/mol. The van der Waals surface area contributed by atoms with E-state index in [1.165, 1.54) is 32.2 Å². The van der Waals surface area contributed by atoms with E-state index >= 15 is 0 Å². The number of hydrogen-bond acceptors (Lipinski definition) is 9. The number of carbonyl (C=O) groups is 3. The number of ketones is 3. The second kappa shape index (κ2) is 7.96. The number of benzene rings is 2. The van der Waals surface area contributed by atoms with Gasteiger partial charge in [0.2, 0.25) is 0 Å². The Morgan fingerprint density at radius 2 is 1.71 bits per heavy atom. The molecule has 5 rings (SSSR count). The number of phenols is 1. The largest absolute Gasteiger partial charge is 0.507 e. The van der Waals surface area contributed by atoms with Crippen LogP contribution in [-0.4, -0.2) is 68.8 Å². The van der Waals surface area contributed by atoms with Crippen LogP contribution in [0, 0.1) is 0 Å². The molecule has 1 heterocycles. The second-order valence-electron chi connectivity index (χ2n) is 9.84. The van der Waals surface area contributed by atoms with Crippen LogP contribution in [0.1, 0.15) is 86.1 Å². The average molecular weight is 482 g/mol. The molecule has 0 spiro atoms. The van der Waals surface area contributed by atoms with Crippen LogP contribution in [0.4, 0.5) is 0 Å². The average Bonchev–Trinajstić information content (AvgIpc) is 2.78. The van der Waals surface area contributed by atoms with Crippen molar-refractivity contribution in [3.8, 4) is 11.5 Å². The molecule has 0 radical (unpaired) electrons. The third-order valence-electron chi connectivity index (χ3n) is 7.20. The second-order valence-corrected chi connectivity index (χ2v) is 9.84. The first-order valence-corrected chi connectivity index (χ1v) is 11.4. The van der Waals surface area contributed by atoms with Crippen LogP contribution in [0.25, 0.3) is 0 Å². The fourth-order valence-electron chi connectivity index (χ4n) is 5.48. The number of hydrogen-bond donors (Lipinski definition) is 4. The molecule has 1 saturated heterocycles. The van der Waals surface area contributed by atoms with Gasteiger partial charge >= 0.3 is 0 Å². The van der Waals surface area contributed by atoms with Crippen molar-refractivity contribution in [1.82, 2.24) is 0 Å². The fourth-order valence-corrected chi connectivity index (χ4v) is 5.48. The number of fused-ring (bicyclic) bond motifs is 4. The third kappa shape index (κ3) is 3.49. The number of methoxy groups -OCH3 is 1. The van der Waals surface area contributed by atoms with Gasteiger partial charge < -0.3 is 29.9 Å². The lowest BCUT2D eigenvalue weighted by Crippen LogP contribution is -2.44. The summed E-state index contributed by atoms with van der Waals surface area (Å²) in [5.74, 6) is -1.94. The first kappa shape index (κ1) is 23.6. The molecule has 4 N–H and O–H groups in total. The fraction of sp³-hybridized carbons (Fsp3) is 0.423. The number of phenolic OH excluding ortho intramolecular Hbond substituents is 1. The van der Waals surface area contributed by atoms with Gasteiger partial charge in [0.15, 0.2) is 17.3 Å². The van der Waals surface area contributed by atoms with E-state index in [0.717, 1.165) is 0 Å². The summed E-state index contributed by atoms with van der Waals surface area (Å²) < 4.78 is 11.2. The van der Waals surface area contributed by atoms with Crippen molar-refractivity contribution in [2.45, 2.75) is 63.1 Å². The Kier molecular flexibility index (Phi) is 5.37. The van der Waals surface area contributed by atoms with Gasteiger partial charge in [-0.3, -0.25) is 14.4 Å². The van der Waals surface area contributed by atoms with Crippen molar-refractivity contribution in [3.63, 3.8) is 0 Å². The van der Waals surface area contributed by atoms with Crippen LogP contribution >= 0.6 is 0 Å². The molecule has 1 aliphatic heterocycles. The molecule has 0 amide bonds. The molecule has 1 fully saturated rings. The third-order valence-corrected chi connectivity index (χ3v) is 7.20. The lowest BCUT2D eigenvalue weighted by atomic mass is 9.72. The molecule has 9 nitrogen and oxygen atoms in total. The van der Waals surface area contributed by atoms with Crippen molar-refractivity contribution in [3.05, 3.63) is 57.1 Å². The summed E-state index contributed by atoms with van der Waals surface area (Å²) in [6, 6.07) is 4.23. The molecule has 184 valence electrons.